The van der Waals surface area contributed by atoms with E-state index in [9.17, 15) is 4.79 Å². The van der Waals surface area contributed by atoms with Crippen LogP contribution in [0.5, 0.6) is 0 Å². The van der Waals surface area contributed by atoms with Gasteiger partial charge in [0, 0.05) is 5.57 Å². The first kappa shape index (κ1) is 33.2. The molecular weight excluding hydrogens is 416 g/mol. The number of unbranched alkanes of at least 4 members (excludes halogenated alkanes) is 15. The highest BCUT2D eigenvalue weighted by atomic mass is 16.5. The number of ether oxygens (including phenoxy) is 1. The van der Waals surface area contributed by atoms with Gasteiger partial charge in [0.15, 0.2) is 0 Å². The molecule has 0 N–H and O–H groups in total. The molecule has 202 valence electrons. The van der Waals surface area contributed by atoms with Gasteiger partial charge in [-0.3, -0.25) is 0 Å². The quantitative estimate of drug-likeness (QED) is 0.0701. The Bertz CT molecular complexity index is 456. The Labute approximate surface area is 215 Å². The second kappa shape index (κ2) is 25.3. The maximum Gasteiger partial charge on any atom is 0.333 e. The van der Waals surface area contributed by atoms with E-state index in [0.717, 1.165) is 5.92 Å². The van der Waals surface area contributed by atoms with Crippen LogP contribution in [-0.4, -0.2) is 12.6 Å². The Morgan fingerprint density at radius 3 is 1.44 bits per heavy atom. The van der Waals surface area contributed by atoms with Crippen molar-refractivity contribution >= 4 is 5.97 Å². The van der Waals surface area contributed by atoms with E-state index >= 15 is 0 Å². The lowest BCUT2D eigenvalue weighted by molar-refractivity contribution is -0.140. The summed E-state index contributed by atoms with van der Waals surface area (Å²) >= 11 is 0. The summed E-state index contributed by atoms with van der Waals surface area (Å²) in [5.74, 6) is 1.22. The molecule has 0 amide bonds. The van der Waals surface area contributed by atoms with Crippen LogP contribution in [-0.2, 0) is 9.53 Å². The molecule has 2 nitrogen and oxygen atoms in total. The molecule has 0 saturated carbocycles. The first-order chi connectivity index (χ1) is 16.5. The normalized spacial score (nSPS) is 13.1. The largest absolute Gasteiger partial charge is 0.462 e. The fourth-order valence-corrected chi connectivity index (χ4v) is 5.00. The molecule has 0 aromatic carbocycles. The lowest BCUT2D eigenvalue weighted by Gasteiger charge is -2.17. The third-order valence-electron chi connectivity index (χ3n) is 7.36. The number of hydrogen-bond acceptors (Lipinski definition) is 2. The monoisotopic (exact) mass is 478 g/mol. The van der Waals surface area contributed by atoms with Gasteiger partial charge >= 0.3 is 5.97 Å². The first-order valence-electron chi connectivity index (χ1n) is 15.3. The van der Waals surface area contributed by atoms with Crippen LogP contribution < -0.4 is 0 Å². The van der Waals surface area contributed by atoms with E-state index in [1.54, 1.807) is 6.92 Å². The topological polar surface area (TPSA) is 26.3 Å². The Kier molecular flexibility index (Phi) is 24.7. The van der Waals surface area contributed by atoms with Gasteiger partial charge in [-0.2, -0.15) is 0 Å². The van der Waals surface area contributed by atoms with Gasteiger partial charge in [-0.05, 0) is 31.6 Å². The van der Waals surface area contributed by atoms with Crippen LogP contribution >= 0.6 is 0 Å². The molecular formula is C32H62O2. The third-order valence-corrected chi connectivity index (χ3v) is 7.36. The van der Waals surface area contributed by atoms with E-state index in [-0.39, 0.29) is 5.97 Å². The van der Waals surface area contributed by atoms with Crippen molar-refractivity contribution in [2.24, 2.45) is 11.8 Å². The molecule has 0 bridgehead atoms. The van der Waals surface area contributed by atoms with Crippen molar-refractivity contribution in [2.45, 2.75) is 169 Å². The smallest absolute Gasteiger partial charge is 0.333 e. The van der Waals surface area contributed by atoms with Crippen LogP contribution in [0.15, 0.2) is 12.2 Å². The van der Waals surface area contributed by atoms with Crippen LogP contribution in [0.25, 0.3) is 0 Å². The zero-order chi connectivity index (χ0) is 25.3. The van der Waals surface area contributed by atoms with Crippen LogP contribution in [0.4, 0.5) is 0 Å². The van der Waals surface area contributed by atoms with E-state index in [4.69, 9.17) is 4.74 Å². The molecule has 0 radical (unpaired) electrons. The summed E-state index contributed by atoms with van der Waals surface area (Å²) in [5, 5.41) is 0. The fourth-order valence-electron chi connectivity index (χ4n) is 5.00. The average Bonchev–Trinajstić information content (AvgIpc) is 2.81. The number of carbonyl (C=O) groups excluding carboxylic acids is 1. The zero-order valence-electron chi connectivity index (χ0n) is 23.9. The minimum Gasteiger partial charge on any atom is -0.462 e. The van der Waals surface area contributed by atoms with Gasteiger partial charge in [0.05, 0.1) is 6.61 Å². The van der Waals surface area contributed by atoms with E-state index < -0.39 is 0 Å². The third kappa shape index (κ3) is 23.0. The van der Waals surface area contributed by atoms with E-state index in [0.29, 0.717) is 18.1 Å². The van der Waals surface area contributed by atoms with Crippen molar-refractivity contribution < 1.29 is 9.53 Å². The number of hydrogen-bond donors (Lipinski definition) is 0. The molecule has 0 heterocycles. The molecule has 0 aliphatic rings. The van der Waals surface area contributed by atoms with Crippen LogP contribution in [0.3, 0.4) is 0 Å². The molecule has 0 spiro atoms. The Morgan fingerprint density at radius 1 is 0.618 bits per heavy atom. The molecule has 0 aliphatic carbocycles. The summed E-state index contributed by atoms with van der Waals surface area (Å²) in [6.45, 7) is 13.0. The van der Waals surface area contributed by atoms with Crippen LogP contribution in [0, 0.1) is 11.8 Å². The fraction of sp³-hybridized carbons (Fsp3) is 0.906. The molecule has 34 heavy (non-hydrogen) atoms. The van der Waals surface area contributed by atoms with Crippen molar-refractivity contribution in [3.05, 3.63) is 12.2 Å². The molecule has 2 unspecified atom stereocenters. The maximum absolute atomic E-state index is 11.8. The summed E-state index contributed by atoms with van der Waals surface area (Å²) in [4.78, 5) is 11.8. The van der Waals surface area contributed by atoms with Gasteiger partial charge in [-0.25, -0.2) is 4.79 Å². The summed E-state index contributed by atoms with van der Waals surface area (Å²) in [6.07, 6.45) is 29.9. The van der Waals surface area contributed by atoms with Gasteiger partial charge < -0.3 is 4.74 Å². The van der Waals surface area contributed by atoms with E-state index in [1.807, 2.05) is 0 Å². The average molecular weight is 479 g/mol. The van der Waals surface area contributed by atoms with Gasteiger partial charge in [-0.1, -0.05) is 156 Å². The highest BCUT2D eigenvalue weighted by Gasteiger charge is 2.12. The molecule has 2 heteroatoms. The number of esters is 1. The van der Waals surface area contributed by atoms with Crippen LogP contribution in [0.2, 0.25) is 0 Å². The summed E-state index contributed by atoms with van der Waals surface area (Å²) in [5.41, 5.74) is 0.516. The van der Waals surface area contributed by atoms with Gasteiger partial charge in [0.2, 0.25) is 0 Å². The summed E-state index contributed by atoms with van der Waals surface area (Å²) in [7, 11) is 0. The van der Waals surface area contributed by atoms with Gasteiger partial charge in [0.1, 0.15) is 0 Å². The maximum atomic E-state index is 11.8. The molecule has 0 aliphatic heterocycles. The van der Waals surface area contributed by atoms with E-state index in [1.165, 1.54) is 141 Å². The highest BCUT2D eigenvalue weighted by molar-refractivity contribution is 5.86. The second-order valence-electron chi connectivity index (χ2n) is 11.2. The number of carbonyl (C=O) groups is 1. The van der Waals surface area contributed by atoms with E-state index in [2.05, 4.69) is 27.4 Å². The summed E-state index contributed by atoms with van der Waals surface area (Å²) < 4.78 is 5.53. The van der Waals surface area contributed by atoms with Crippen molar-refractivity contribution in [3.63, 3.8) is 0 Å². The van der Waals surface area contributed by atoms with Gasteiger partial charge in [-0.15, -0.1) is 0 Å². The molecule has 0 aromatic rings. The second-order valence-corrected chi connectivity index (χ2v) is 11.2. The summed E-state index contributed by atoms with van der Waals surface area (Å²) in [6, 6.07) is 0. The first-order valence-corrected chi connectivity index (χ1v) is 15.3. The Balaban J connectivity index is 3.89. The standard InChI is InChI=1S/C32H62O2/c1-6-8-9-10-11-12-13-16-19-22-26-31(28-34-32(33)29(3)4)27-23-20-17-14-15-18-21-25-30(5)24-7-2/h30-31H,3,6-28H2,1-2,4-5H3. The predicted molar refractivity (Wildman–Crippen MR) is 151 cm³/mol. The van der Waals surface area contributed by atoms with Crippen molar-refractivity contribution in [2.75, 3.05) is 6.61 Å². The van der Waals surface area contributed by atoms with Crippen molar-refractivity contribution in [1.82, 2.24) is 0 Å². The minimum absolute atomic E-state index is 0.221. The SMILES string of the molecule is C=C(C)C(=O)OCC(CCCCCCCCCCCC)CCCCCCCCCC(C)CCC. The van der Waals surface area contributed by atoms with Crippen molar-refractivity contribution in [1.29, 1.82) is 0 Å². The van der Waals surface area contributed by atoms with Gasteiger partial charge in [0.25, 0.3) is 0 Å². The molecule has 0 aromatic heterocycles. The Morgan fingerprint density at radius 2 is 1.03 bits per heavy atom. The molecule has 0 fully saturated rings. The lowest BCUT2D eigenvalue weighted by atomic mass is 9.94. The highest BCUT2D eigenvalue weighted by Crippen LogP contribution is 2.21. The molecule has 0 rings (SSSR count). The molecule has 2 atom stereocenters. The predicted octanol–water partition coefficient (Wildman–Crippen LogP) is 11.0. The van der Waals surface area contributed by atoms with Crippen molar-refractivity contribution in [3.8, 4) is 0 Å². The van der Waals surface area contributed by atoms with Crippen LogP contribution in [0.1, 0.15) is 169 Å². The molecule has 0 saturated heterocycles. The minimum atomic E-state index is -0.221. The Hall–Kier alpha value is -0.790. The number of rotatable bonds is 26. The zero-order valence-corrected chi connectivity index (χ0v) is 23.9. The lowest BCUT2D eigenvalue weighted by Crippen LogP contribution is -2.15.